The van der Waals surface area contributed by atoms with E-state index in [0.717, 1.165) is 0 Å². The fourth-order valence-corrected chi connectivity index (χ4v) is 1.54. The molecule has 21 heavy (non-hydrogen) atoms. The van der Waals surface area contributed by atoms with Crippen molar-refractivity contribution in [2.24, 2.45) is 5.84 Å². The van der Waals surface area contributed by atoms with Gasteiger partial charge in [0.1, 0.15) is 0 Å². The number of aromatic nitrogens is 3. The monoisotopic (exact) mass is 294 g/mol. The Labute approximate surface area is 120 Å². The van der Waals surface area contributed by atoms with Gasteiger partial charge in [-0.25, -0.2) is 10.2 Å². The van der Waals surface area contributed by atoms with Crippen LogP contribution in [0, 0.1) is 5.82 Å². The lowest BCUT2D eigenvalue weighted by molar-refractivity contribution is 0.312. The summed E-state index contributed by atoms with van der Waals surface area (Å²) in [4.78, 5) is 11.9. The van der Waals surface area contributed by atoms with Crippen LogP contribution in [0.4, 0.5) is 22.0 Å². The molecule has 0 saturated carbocycles. The van der Waals surface area contributed by atoms with Crippen molar-refractivity contribution in [2.75, 3.05) is 24.5 Å². The van der Waals surface area contributed by atoms with Crippen molar-refractivity contribution in [3.05, 3.63) is 24.0 Å². The molecule has 0 atom stereocenters. The normalized spacial score (nSPS) is 10.1. The number of methoxy groups -OCH3 is 1. The van der Waals surface area contributed by atoms with Gasteiger partial charge in [0.05, 0.1) is 13.7 Å². The van der Waals surface area contributed by atoms with Gasteiger partial charge in [-0.3, -0.25) is 5.43 Å². The van der Waals surface area contributed by atoms with Crippen LogP contribution in [0.2, 0.25) is 0 Å². The van der Waals surface area contributed by atoms with Crippen molar-refractivity contribution >= 4 is 17.6 Å². The summed E-state index contributed by atoms with van der Waals surface area (Å²) in [5.74, 6) is 5.23. The quantitative estimate of drug-likeness (QED) is 0.543. The first-order valence-corrected chi connectivity index (χ1v) is 6.12. The Balaban J connectivity index is 2.25. The third-order valence-electron chi connectivity index (χ3n) is 2.43. The van der Waals surface area contributed by atoms with E-state index >= 15 is 0 Å². The van der Waals surface area contributed by atoms with Crippen LogP contribution in [0.15, 0.2) is 18.2 Å². The molecular weight excluding hydrogens is 279 g/mol. The van der Waals surface area contributed by atoms with Gasteiger partial charge in [-0.2, -0.15) is 15.0 Å². The molecule has 1 aromatic carbocycles. The lowest BCUT2D eigenvalue weighted by Gasteiger charge is -2.09. The number of halogens is 1. The van der Waals surface area contributed by atoms with Crippen LogP contribution < -0.4 is 26.1 Å². The smallest absolute Gasteiger partial charge is 0.323 e. The van der Waals surface area contributed by atoms with Crippen LogP contribution >= 0.6 is 0 Å². The minimum atomic E-state index is -0.501. The van der Waals surface area contributed by atoms with Crippen LogP contribution in [0.5, 0.6) is 11.8 Å². The molecule has 9 heteroatoms. The predicted molar refractivity (Wildman–Crippen MR) is 75.0 cm³/mol. The minimum Gasteiger partial charge on any atom is -0.494 e. The number of benzene rings is 1. The van der Waals surface area contributed by atoms with Gasteiger partial charge in [0.2, 0.25) is 11.9 Å². The maximum Gasteiger partial charge on any atom is 0.323 e. The number of hydrogen-bond acceptors (Lipinski definition) is 8. The second kappa shape index (κ2) is 6.66. The molecule has 8 nitrogen and oxygen atoms in total. The van der Waals surface area contributed by atoms with Gasteiger partial charge in [-0.15, -0.1) is 0 Å². The molecule has 1 heterocycles. The van der Waals surface area contributed by atoms with Crippen LogP contribution in [0.1, 0.15) is 6.92 Å². The summed E-state index contributed by atoms with van der Waals surface area (Å²) in [5, 5.41) is 2.84. The number of nitrogen functional groups attached to an aromatic ring is 1. The second-order valence-electron chi connectivity index (χ2n) is 3.82. The fraction of sp³-hybridized carbons (Fsp3) is 0.250. The van der Waals surface area contributed by atoms with E-state index in [1.807, 2.05) is 0 Å². The topological polar surface area (TPSA) is 107 Å². The number of nitrogens with one attached hydrogen (secondary N) is 2. The maximum atomic E-state index is 13.6. The van der Waals surface area contributed by atoms with Gasteiger partial charge >= 0.3 is 6.01 Å². The number of anilines is 3. The van der Waals surface area contributed by atoms with Gasteiger partial charge in [-0.05, 0) is 19.1 Å². The number of hydrogen-bond donors (Lipinski definition) is 3. The summed E-state index contributed by atoms with van der Waals surface area (Å²) >= 11 is 0. The number of ether oxygens (including phenoxy) is 2. The lowest BCUT2D eigenvalue weighted by Crippen LogP contribution is -2.13. The van der Waals surface area contributed by atoms with Crippen LogP contribution in [-0.4, -0.2) is 28.7 Å². The fourth-order valence-electron chi connectivity index (χ4n) is 1.54. The van der Waals surface area contributed by atoms with E-state index < -0.39 is 5.82 Å². The molecule has 1 aromatic heterocycles. The first-order chi connectivity index (χ1) is 10.2. The molecule has 4 N–H and O–H groups in total. The van der Waals surface area contributed by atoms with Gasteiger partial charge < -0.3 is 14.8 Å². The summed E-state index contributed by atoms with van der Waals surface area (Å²) in [6, 6.07) is 4.49. The summed E-state index contributed by atoms with van der Waals surface area (Å²) < 4.78 is 23.7. The molecule has 0 aliphatic carbocycles. The molecule has 0 bridgehead atoms. The maximum absolute atomic E-state index is 13.6. The Morgan fingerprint density at radius 1 is 1.24 bits per heavy atom. The third kappa shape index (κ3) is 3.66. The molecule has 2 rings (SSSR count). The third-order valence-corrected chi connectivity index (χ3v) is 2.43. The number of rotatable bonds is 6. The van der Waals surface area contributed by atoms with Crippen molar-refractivity contribution < 1.29 is 13.9 Å². The van der Waals surface area contributed by atoms with Crippen molar-refractivity contribution in [3.63, 3.8) is 0 Å². The number of nitrogens with two attached hydrogens (primary N) is 1. The summed E-state index contributed by atoms with van der Waals surface area (Å²) in [5.41, 5.74) is 2.75. The molecule has 0 saturated heterocycles. The van der Waals surface area contributed by atoms with E-state index in [0.29, 0.717) is 12.3 Å². The lowest BCUT2D eigenvalue weighted by atomic mass is 10.3. The van der Waals surface area contributed by atoms with Crippen molar-refractivity contribution in [1.29, 1.82) is 0 Å². The highest BCUT2D eigenvalue weighted by molar-refractivity contribution is 5.56. The summed E-state index contributed by atoms with van der Waals surface area (Å²) in [6.45, 7) is 2.19. The Morgan fingerprint density at radius 2 is 2.00 bits per heavy atom. The second-order valence-corrected chi connectivity index (χ2v) is 3.82. The van der Waals surface area contributed by atoms with Crippen molar-refractivity contribution in [3.8, 4) is 11.8 Å². The Bertz CT molecular complexity index is 625. The zero-order chi connectivity index (χ0) is 15.2. The highest BCUT2D eigenvalue weighted by atomic mass is 19.1. The zero-order valence-electron chi connectivity index (χ0n) is 11.6. The molecule has 112 valence electrons. The molecule has 2 aromatic rings. The van der Waals surface area contributed by atoms with Crippen LogP contribution in [-0.2, 0) is 0 Å². The number of hydrazine groups is 1. The summed E-state index contributed by atoms with van der Waals surface area (Å²) in [7, 11) is 1.39. The van der Waals surface area contributed by atoms with E-state index in [1.54, 1.807) is 13.0 Å². The Morgan fingerprint density at radius 3 is 2.62 bits per heavy atom. The highest BCUT2D eigenvalue weighted by Gasteiger charge is 2.09. The van der Waals surface area contributed by atoms with E-state index in [9.17, 15) is 4.39 Å². The highest BCUT2D eigenvalue weighted by Crippen LogP contribution is 2.23. The zero-order valence-corrected chi connectivity index (χ0v) is 11.6. The number of nitrogens with zero attached hydrogens (tertiary/aromatic N) is 3. The molecule has 0 spiro atoms. The predicted octanol–water partition coefficient (Wildman–Crippen LogP) is 1.45. The molecule has 0 fully saturated rings. The first kappa shape index (κ1) is 14.7. The van der Waals surface area contributed by atoms with Crippen molar-refractivity contribution in [2.45, 2.75) is 6.92 Å². The molecule has 0 unspecified atom stereocenters. The molecular formula is C12H15FN6O2. The average molecular weight is 294 g/mol. The van der Waals surface area contributed by atoms with Crippen molar-refractivity contribution in [1.82, 2.24) is 15.0 Å². The molecule has 0 aliphatic rings. The van der Waals surface area contributed by atoms with Crippen LogP contribution in [0.25, 0.3) is 0 Å². The molecule has 0 aliphatic heterocycles. The van der Waals surface area contributed by atoms with Gasteiger partial charge in [0, 0.05) is 11.8 Å². The standard InChI is InChI=1S/C12H15FN6O2/c1-3-21-12-17-10(16-11(18-12)19-14)15-7-4-5-9(20-2)8(13)6-7/h4-6H,3,14H2,1-2H3,(H2,15,16,17,18,19). The van der Waals surface area contributed by atoms with E-state index in [-0.39, 0.29) is 23.7 Å². The molecule has 0 radical (unpaired) electrons. The molecule has 0 amide bonds. The Hall–Kier alpha value is -2.68. The SMILES string of the molecule is CCOc1nc(NN)nc(Nc2ccc(OC)c(F)c2)n1. The first-order valence-electron chi connectivity index (χ1n) is 6.12. The minimum absolute atomic E-state index is 0.108. The summed E-state index contributed by atoms with van der Waals surface area (Å²) in [6.07, 6.45) is 0. The van der Waals surface area contributed by atoms with Gasteiger partial charge in [-0.1, -0.05) is 0 Å². The van der Waals surface area contributed by atoms with Gasteiger partial charge in [0.25, 0.3) is 0 Å². The van der Waals surface area contributed by atoms with Crippen LogP contribution in [0.3, 0.4) is 0 Å². The van der Waals surface area contributed by atoms with E-state index in [2.05, 4.69) is 25.7 Å². The Kier molecular flexibility index (Phi) is 4.67. The van der Waals surface area contributed by atoms with E-state index in [4.69, 9.17) is 15.3 Å². The largest absolute Gasteiger partial charge is 0.494 e. The van der Waals surface area contributed by atoms with Gasteiger partial charge in [0.15, 0.2) is 11.6 Å². The van der Waals surface area contributed by atoms with E-state index in [1.165, 1.54) is 19.2 Å². The average Bonchev–Trinajstić information content (AvgIpc) is 2.47.